The van der Waals surface area contributed by atoms with Gasteiger partial charge in [-0.1, -0.05) is 12.1 Å². The number of carbonyl (C=O) groups excluding carboxylic acids is 1. The second kappa shape index (κ2) is 5.85. The molecule has 6 nitrogen and oxygen atoms in total. The zero-order valence-corrected chi connectivity index (χ0v) is 14.1. The molecule has 124 valence electrons. The van der Waals surface area contributed by atoms with Crippen LogP contribution in [-0.4, -0.2) is 45.7 Å². The second-order valence-electron chi connectivity index (χ2n) is 6.88. The molecule has 2 aromatic rings. The molecule has 1 aromatic heterocycles. The molecule has 0 saturated carbocycles. The molecule has 2 N–H and O–H groups in total. The Morgan fingerprint density at radius 2 is 2.22 bits per heavy atom. The van der Waals surface area contributed by atoms with Crippen molar-refractivity contribution in [1.29, 1.82) is 0 Å². The van der Waals surface area contributed by atoms with Crippen LogP contribution in [0.4, 0.5) is 4.79 Å². The Balaban J connectivity index is 1.69. The first-order valence-corrected chi connectivity index (χ1v) is 8.02. The van der Waals surface area contributed by atoms with Gasteiger partial charge < -0.3 is 19.9 Å². The lowest BCUT2D eigenvalue weighted by molar-refractivity contribution is -0.117. The molecule has 2 heterocycles. The third-order valence-electron chi connectivity index (χ3n) is 4.01. The molecule has 23 heavy (non-hydrogen) atoms. The molecule has 2 amide bonds. The average Bonchev–Trinajstić information content (AvgIpc) is 2.89. The average molecular weight is 316 g/mol. The molecule has 3 rings (SSSR count). The number of nitrogens with one attached hydrogen (secondary N) is 2. The summed E-state index contributed by atoms with van der Waals surface area (Å²) in [4.78, 5) is 22.2. The first kappa shape index (κ1) is 15.8. The van der Waals surface area contributed by atoms with Crippen LogP contribution in [0.2, 0.25) is 0 Å². The van der Waals surface area contributed by atoms with Gasteiger partial charge in [0.05, 0.1) is 35.3 Å². The Morgan fingerprint density at radius 3 is 2.91 bits per heavy atom. The van der Waals surface area contributed by atoms with Crippen molar-refractivity contribution in [3.8, 4) is 0 Å². The van der Waals surface area contributed by atoms with Gasteiger partial charge in [0.2, 0.25) is 0 Å². The van der Waals surface area contributed by atoms with Crippen LogP contribution < -0.4 is 5.32 Å². The molecule has 1 aliphatic heterocycles. The fourth-order valence-electron chi connectivity index (χ4n) is 3.13. The molecule has 1 unspecified atom stereocenters. The lowest BCUT2D eigenvalue weighted by Gasteiger charge is -2.41. The van der Waals surface area contributed by atoms with Gasteiger partial charge in [-0.25, -0.2) is 9.78 Å². The maximum absolute atomic E-state index is 12.5. The van der Waals surface area contributed by atoms with E-state index in [-0.39, 0.29) is 23.8 Å². The molecule has 2 atom stereocenters. The van der Waals surface area contributed by atoms with Crippen molar-refractivity contribution < 1.29 is 9.53 Å². The molecule has 1 aliphatic rings. The fraction of sp³-hybridized carbons (Fsp3) is 0.529. The number of aromatic amines is 1. The van der Waals surface area contributed by atoms with Crippen LogP contribution in [0.1, 0.15) is 39.6 Å². The van der Waals surface area contributed by atoms with Crippen LogP contribution in [0.15, 0.2) is 24.3 Å². The van der Waals surface area contributed by atoms with Crippen LogP contribution >= 0.6 is 0 Å². The Bertz CT molecular complexity index is 676. The number of benzene rings is 1. The molecule has 0 radical (unpaired) electrons. The standard InChI is InChI=1S/C17H24N4O2/c1-11-9-21(10-17(3,4)23-11)16(22)18-12(2)15-19-13-7-5-6-8-14(13)20-15/h5-8,11-12H,9-10H2,1-4H3,(H,18,22)(H,19,20)/t11?,12-/m0/s1. The number of ether oxygens (including phenoxy) is 1. The lowest BCUT2D eigenvalue weighted by atomic mass is 10.1. The highest BCUT2D eigenvalue weighted by Crippen LogP contribution is 2.21. The van der Waals surface area contributed by atoms with E-state index in [1.807, 2.05) is 56.9 Å². The van der Waals surface area contributed by atoms with Gasteiger partial charge in [0, 0.05) is 6.54 Å². The third-order valence-corrected chi connectivity index (χ3v) is 4.01. The minimum Gasteiger partial charge on any atom is -0.369 e. The summed E-state index contributed by atoms with van der Waals surface area (Å²) in [6, 6.07) is 7.58. The molecule has 0 aliphatic carbocycles. The first-order chi connectivity index (χ1) is 10.8. The van der Waals surface area contributed by atoms with E-state index >= 15 is 0 Å². The maximum atomic E-state index is 12.5. The number of fused-ring (bicyclic) bond motifs is 1. The topological polar surface area (TPSA) is 70.2 Å². The minimum absolute atomic E-state index is 0.0333. The van der Waals surface area contributed by atoms with Crippen LogP contribution in [0, 0.1) is 0 Å². The van der Waals surface area contributed by atoms with E-state index in [0.717, 1.165) is 16.9 Å². The van der Waals surface area contributed by atoms with E-state index in [1.165, 1.54) is 0 Å². The van der Waals surface area contributed by atoms with Gasteiger partial charge in [-0.15, -0.1) is 0 Å². The molecule has 0 bridgehead atoms. The normalized spacial score (nSPS) is 22.1. The van der Waals surface area contributed by atoms with Gasteiger partial charge >= 0.3 is 6.03 Å². The Kier molecular flexibility index (Phi) is 4.02. The number of amides is 2. The van der Waals surface area contributed by atoms with Gasteiger partial charge in [0.15, 0.2) is 0 Å². The van der Waals surface area contributed by atoms with Gasteiger partial charge in [-0.05, 0) is 39.8 Å². The van der Waals surface area contributed by atoms with E-state index in [4.69, 9.17) is 4.74 Å². The van der Waals surface area contributed by atoms with Crippen LogP contribution in [0.25, 0.3) is 11.0 Å². The molecule has 6 heteroatoms. The van der Waals surface area contributed by atoms with E-state index < -0.39 is 0 Å². The SMILES string of the molecule is CC1CN(C(=O)N[C@@H](C)c2nc3ccccc3[nH]2)CC(C)(C)O1. The zero-order chi connectivity index (χ0) is 16.6. The summed E-state index contributed by atoms with van der Waals surface area (Å²) >= 11 is 0. The summed E-state index contributed by atoms with van der Waals surface area (Å²) in [7, 11) is 0. The predicted octanol–water partition coefficient (Wildman–Crippen LogP) is 2.83. The number of aromatic nitrogens is 2. The van der Waals surface area contributed by atoms with E-state index in [0.29, 0.717) is 13.1 Å². The van der Waals surface area contributed by atoms with E-state index in [9.17, 15) is 4.79 Å². The number of rotatable bonds is 2. The van der Waals surface area contributed by atoms with Crippen molar-refractivity contribution in [2.75, 3.05) is 13.1 Å². The number of para-hydroxylation sites is 2. The third kappa shape index (κ3) is 3.47. The molecule has 1 aromatic carbocycles. The second-order valence-corrected chi connectivity index (χ2v) is 6.88. The number of H-pyrrole nitrogens is 1. The highest BCUT2D eigenvalue weighted by molar-refractivity contribution is 5.76. The number of urea groups is 1. The smallest absolute Gasteiger partial charge is 0.318 e. The Labute approximate surface area is 136 Å². The van der Waals surface area contributed by atoms with Crippen molar-refractivity contribution >= 4 is 17.1 Å². The van der Waals surface area contributed by atoms with Crippen LogP contribution in [0.5, 0.6) is 0 Å². The molecular weight excluding hydrogens is 292 g/mol. The van der Waals surface area contributed by atoms with Gasteiger partial charge in [-0.3, -0.25) is 0 Å². The summed E-state index contributed by atoms with van der Waals surface area (Å²) in [6.45, 7) is 9.11. The number of hydrogen-bond acceptors (Lipinski definition) is 3. The number of carbonyl (C=O) groups is 1. The molecule has 1 fully saturated rings. The number of hydrogen-bond donors (Lipinski definition) is 2. The summed E-state index contributed by atoms with van der Waals surface area (Å²) < 4.78 is 5.84. The van der Waals surface area contributed by atoms with Gasteiger partial charge in [-0.2, -0.15) is 0 Å². The largest absolute Gasteiger partial charge is 0.369 e. The number of morpholine rings is 1. The highest BCUT2D eigenvalue weighted by atomic mass is 16.5. The predicted molar refractivity (Wildman–Crippen MR) is 89.2 cm³/mol. The summed E-state index contributed by atoms with van der Waals surface area (Å²) in [5.74, 6) is 0.764. The summed E-state index contributed by atoms with van der Waals surface area (Å²) in [5.41, 5.74) is 1.56. The van der Waals surface area contributed by atoms with Gasteiger partial charge in [0.1, 0.15) is 5.82 Å². The number of nitrogens with zero attached hydrogens (tertiary/aromatic N) is 2. The maximum Gasteiger partial charge on any atom is 0.318 e. The van der Waals surface area contributed by atoms with Crippen molar-refractivity contribution in [2.45, 2.75) is 45.4 Å². The summed E-state index contributed by atoms with van der Waals surface area (Å²) in [6.07, 6.45) is 0.0333. The molecule has 1 saturated heterocycles. The Hall–Kier alpha value is -2.08. The first-order valence-electron chi connectivity index (χ1n) is 8.02. The van der Waals surface area contributed by atoms with Crippen molar-refractivity contribution in [2.24, 2.45) is 0 Å². The van der Waals surface area contributed by atoms with Crippen molar-refractivity contribution in [3.05, 3.63) is 30.1 Å². The quantitative estimate of drug-likeness (QED) is 0.895. The highest BCUT2D eigenvalue weighted by Gasteiger charge is 2.34. The van der Waals surface area contributed by atoms with E-state index in [1.54, 1.807) is 0 Å². The minimum atomic E-state index is -0.322. The molecule has 0 spiro atoms. The molecular formula is C17H24N4O2. The van der Waals surface area contributed by atoms with Crippen molar-refractivity contribution in [3.63, 3.8) is 0 Å². The monoisotopic (exact) mass is 316 g/mol. The summed E-state index contributed by atoms with van der Waals surface area (Å²) in [5, 5.41) is 3.02. The number of imidazole rings is 1. The zero-order valence-electron chi connectivity index (χ0n) is 14.1. The Morgan fingerprint density at radius 1 is 1.48 bits per heavy atom. The fourth-order valence-corrected chi connectivity index (χ4v) is 3.13. The van der Waals surface area contributed by atoms with Crippen LogP contribution in [0.3, 0.4) is 0 Å². The van der Waals surface area contributed by atoms with Crippen molar-refractivity contribution in [1.82, 2.24) is 20.2 Å². The van der Waals surface area contributed by atoms with E-state index in [2.05, 4.69) is 15.3 Å². The lowest BCUT2D eigenvalue weighted by Crippen LogP contribution is -2.56. The van der Waals surface area contributed by atoms with Gasteiger partial charge in [0.25, 0.3) is 0 Å². The van der Waals surface area contributed by atoms with Crippen LogP contribution in [-0.2, 0) is 4.74 Å².